The summed E-state index contributed by atoms with van der Waals surface area (Å²) in [6.45, 7) is 6.10. The van der Waals surface area contributed by atoms with Crippen molar-refractivity contribution in [2.24, 2.45) is 0 Å². The summed E-state index contributed by atoms with van der Waals surface area (Å²) in [6, 6.07) is 12.2. The summed E-state index contributed by atoms with van der Waals surface area (Å²) in [6.07, 6.45) is 0.729. The van der Waals surface area contributed by atoms with Gasteiger partial charge in [-0.25, -0.2) is 4.39 Å². The van der Waals surface area contributed by atoms with Crippen molar-refractivity contribution < 1.29 is 18.7 Å². The first-order valence-corrected chi connectivity index (χ1v) is 10.7. The predicted octanol–water partition coefficient (Wildman–Crippen LogP) is 4.94. The molecule has 0 aromatic heterocycles. The van der Waals surface area contributed by atoms with Gasteiger partial charge >= 0.3 is 0 Å². The molecule has 28 heavy (non-hydrogen) atoms. The number of hydrogen-bond donors (Lipinski definition) is 0. The number of carbonyl (C=O) groups excluding carboxylic acids is 1. The minimum Gasteiger partial charge on any atom is -0.490 e. The van der Waals surface area contributed by atoms with Gasteiger partial charge in [-0.1, -0.05) is 18.2 Å². The van der Waals surface area contributed by atoms with Gasteiger partial charge in [0.1, 0.15) is 5.82 Å². The zero-order valence-corrected chi connectivity index (χ0v) is 17.1. The van der Waals surface area contributed by atoms with Gasteiger partial charge < -0.3 is 14.4 Å². The van der Waals surface area contributed by atoms with E-state index in [9.17, 15) is 9.18 Å². The van der Waals surface area contributed by atoms with Crippen LogP contribution in [0.15, 0.2) is 42.5 Å². The van der Waals surface area contributed by atoms with Crippen LogP contribution < -0.4 is 9.47 Å². The number of ether oxygens (including phenoxy) is 2. The van der Waals surface area contributed by atoms with Crippen LogP contribution >= 0.6 is 11.8 Å². The Kier molecular flexibility index (Phi) is 7.20. The highest BCUT2D eigenvalue weighted by Gasteiger charge is 2.25. The Morgan fingerprint density at radius 3 is 2.61 bits per heavy atom. The molecule has 2 aromatic carbocycles. The Balaban J connectivity index is 1.72. The van der Waals surface area contributed by atoms with E-state index in [0.29, 0.717) is 43.4 Å². The molecular formula is C22H26FNO3S. The van der Waals surface area contributed by atoms with Crippen molar-refractivity contribution in [3.05, 3.63) is 59.4 Å². The lowest BCUT2D eigenvalue weighted by atomic mass is 10.1. The number of thioether (sulfide) groups is 1. The van der Waals surface area contributed by atoms with E-state index in [2.05, 4.69) is 0 Å². The van der Waals surface area contributed by atoms with Gasteiger partial charge in [-0.15, -0.1) is 0 Å². The second-order valence-corrected chi connectivity index (χ2v) is 7.80. The van der Waals surface area contributed by atoms with Crippen molar-refractivity contribution in [1.29, 1.82) is 0 Å². The van der Waals surface area contributed by atoms with Crippen LogP contribution in [-0.4, -0.2) is 42.9 Å². The average Bonchev–Trinajstić information content (AvgIpc) is 2.96. The quantitative estimate of drug-likeness (QED) is 0.685. The van der Waals surface area contributed by atoms with Crippen LogP contribution in [0.3, 0.4) is 0 Å². The van der Waals surface area contributed by atoms with Crippen molar-refractivity contribution >= 4 is 17.7 Å². The molecule has 0 radical (unpaired) electrons. The van der Waals surface area contributed by atoms with Crippen LogP contribution in [0.1, 0.15) is 41.4 Å². The highest BCUT2D eigenvalue weighted by Crippen LogP contribution is 2.36. The van der Waals surface area contributed by atoms with Gasteiger partial charge in [0.2, 0.25) is 0 Å². The number of hydrogen-bond acceptors (Lipinski definition) is 4. The maximum atomic E-state index is 14.1. The van der Waals surface area contributed by atoms with Gasteiger partial charge in [-0.2, -0.15) is 11.8 Å². The maximum absolute atomic E-state index is 14.1. The third-order valence-electron chi connectivity index (χ3n) is 4.67. The van der Waals surface area contributed by atoms with Gasteiger partial charge in [0.25, 0.3) is 5.91 Å². The smallest absolute Gasteiger partial charge is 0.254 e. The summed E-state index contributed by atoms with van der Waals surface area (Å²) >= 11 is 1.71. The monoisotopic (exact) mass is 403 g/mol. The zero-order chi connectivity index (χ0) is 19.9. The first-order valence-electron chi connectivity index (χ1n) is 9.69. The molecule has 4 nitrogen and oxygen atoms in total. The SMILES string of the molecule is CCOc1ccc(C(=O)N2CCSC(c3ccccc3F)CC2)cc1OCC. The van der Waals surface area contributed by atoms with Gasteiger partial charge in [0.05, 0.1) is 13.2 Å². The van der Waals surface area contributed by atoms with Crippen LogP contribution in [0.2, 0.25) is 0 Å². The predicted molar refractivity (Wildman–Crippen MR) is 111 cm³/mol. The number of carbonyl (C=O) groups is 1. The van der Waals surface area contributed by atoms with Gasteiger partial charge in [-0.3, -0.25) is 4.79 Å². The zero-order valence-electron chi connectivity index (χ0n) is 16.3. The molecule has 1 amide bonds. The van der Waals surface area contributed by atoms with Crippen LogP contribution in [0.4, 0.5) is 4.39 Å². The molecule has 2 aromatic rings. The first kappa shape index (κ1) is 20.5. The molecule has 1 aliphatic heterocycles. The van der Waals surface area contributed by atoms with E-state index in [-0.39, 0.29) is 17.0 Å². The first-order chi connectivity index (χ1) is 13.6. The summed E-state index contributed by atoms with van der Waals surface area (Å²) in [5.41, 5.74) is 1.31. The Morgan fingerprint density at radius 2 is 1.86 bits per heavy atom. The van der Waals surface area contributed by atoms with Crippen molar-refractivity contribution in [2.45, 2.75) is 25.5 Å². The normalized spacial score (nSPS) is 17.1. The molecule has 0 spiro atoms. The summed E-state index contributed by atoms with van der Waals surface area (Å²) in [5, 5.41) is 0.0679. The Labute approximate surface area is 170 Å². The van der Waals surface area contributed by atoms with Crippen LogP contribution in [-0.2, 0) is 0 Å². The van der Waals surface area contributed by atoms with Gasteiger partial charge in [0.15, 0.2) is 11.5 Å². The second kappa shape index (κ2) is 9.82. The molecule has 0 aliphatic carbocycles. The van der Waals surface area contributed by atoms with E-state index in [1.165, 1.54) is 6.07 Å². The Bertz CT molecular complexity index is 814. The molecule has 1 saturated heterocycles. The lowest BCUT2D eigenvalue weighted by Crippen LogP contribution is -2.33. The van der Waals surface area contributed by atoms with Crippen LogP contribution in [0.5, 0.6) is 11.5 Å². The van der Waals surface area contributed by atoms with E-state index in [1.54, 1.807) is 36.0 Å². The minimum atomic E-state index is -0.173. The molecule has 0 N–H and O–H groups in total. The van der Waals surface area contributed by atoms with Crippen molar-refractivity contribution in [2.75, 3.05) is 32.1 Å². The molecule has 1 atom stereocenters. The van der Waals surface area contributed by atoms with Gasteiger partial charge in [0, 0.05) is 35.2 Å². The van der Waals surface area contributed by atoms with Crippen LogP contribution in [0.25, 0.3) is 0 Å². The van der Waals surface area contributed by atoms with Crippen molar-refractivity contribution in [3.63, 3.8) is 0 Å². The summed E-state index contributed by atoms with van der Waals surface area (Å²) in [7, 11) is 0. The topological polar surface area (TPSA) is 38.8 Å². The molecule has 1 fully saturated rings. The average molecular weight is 404 g/mol. The number of rotatable bonds is 6. The fourth-order valence-electron chi connectivity index (χ4n) is 3.32. The van der Waals surface area contributed by atoms with Crippen LogP contribution in [0, 0.1) is 5.82 Å². The van der Waals surface area contributed by atoms with E-state index < -0.39 is 0 Å². The van der Waals surface area contributed by atoms with E-state index in [0.717, 1.165) is 17.7 Å². The summed E-state index contributed by atoms with van der Waals surface area (Å²) < 4.78 is 25.3. The third-order valence-corrected chi connectivity index (χ3v) is 5.98. The molecule has 0 saturated carbocycles. The summed E-state index contributed by atoms with van der Waals surface area (Å²) in [4.78, 5) is 14.9. The fraction of sp³-hybridized carbons (Fsp3) is 0.409. The highest BCUT2D eigenvalue weighted by atomic mass is 32.2. The molecule has 6 heteroatoms. The Morgan fingerprint density at radius 1 is 1.11 bits per heavy atom. The number of benzene rings is 2. The maximum Gasteiger partial charge on any atom is 0.254 e. The number of amides is 1. The minimum absolute atomic E-state index is 0.0289. The summed E-state index contributed by atoms with van der Waals surface area (Å²) in [5.74, 6) is 1.81. The van der Waals surface area contributed by atoms with Crippen molar-refractivity contribution in [3.8, 4) is 11.5 Å². The highest BCUT2D eigenvalue weighted by molar-refractivity contribution is 7.99. The second-order valence-electron chi connectivity index (χ2n) is 6.49. The molecular weight excluding hydrogens is 377 g/mol. The molecule has 1 heterocycles. The van der Waals surface area contributed by atoms with E-state index >= 15 is 0 Å². The van der Waals surface area contributed by atoms with Gasteiger partial charge in [-0.05, 0) is 44.5 Å². The number of nitrogens with zero attached hydrogens (tertiary/aromatic N) is 1. The molecule has 3 rings (SSSR count). The Hall–Kier alpha value is -2.21. The molecule has 1 unspecified atom stereocenters. The fourth-order valence-corrected chi connectivity index (χ4v) is 4.58. The largest absolute Gasteiger partial charge is 0.490 e. The van der Waals surface area contributed by atoms with E-state index in [4.69, 9.17) is 9.47 Å². The lowest BCUT2D eigenvalue weighted by molar-refractivity contribution is 0.0766. The molecule has 150 valence electrons. The third kappa shape index (κ3) is 4.79. The molecule has 0 bridgehead atoms. The molecule has 1 aliphatic rings. The van der Waals surface area contributed by atoms with E-state index in [1.807, 2.05) is 30.9 Å². The van der Waals surface area contributed by atoms with Crippen molar-refractivity contribution in [1.82, 2.24) is 4.90 Å². The standard InChI is InChI=1S/C22H26FNO3S/c1-3-26-19-10-9-16(15-20(19)27-4-2)22(25)24-12-11-21(28-14-13-24)17-7-5-6-8-18(17)23/h5-10,15,21H,3-4,11-14H2,1-2H3. The lowest BCUT2D eigenvalue weighted by Gasteiger charge is -2.21. The number of halogens is 1.